The van der Waals surface area contributed by atoms with Gasteiger partial charge in [0.25, 0.3) is 5.56 Å². The van der Waals surface area contributed by atoms with E-state index in [4.69, 9.17) is 4.74 Å². The molecule has 0 spiro atoms. The highest BCUT2D eigenvalue weighted by atomic mass is 16.5. The molecule has 8 heteroatoms. The quantitative estimate of drug-likeness (QED) is 0.423. The Morgan fingerprint density at radius 3 is 2.54 bits per heavy atom. The van der Waals surface area contributed by atoms with Crippen LogP contribution in [0.25, 0.3) is 0 Å². The number of hydrogen-bond acceptors (Lipinski definition) is 5. The smallest absolute Gasteiger partial charge is 0.319 e. The van der Waals surface area contributed by atoms with Crippen LogP contribution in [0.1, 0.15) is 47.3 Å². The number of nitrogens with zero attached hydrogens (tertiary/aromatic N) is 1. The van der Waals surface area contributed by atoms with Crippen molar-refractivity contribution >= 4 is 17.7 Å². The Balaban J connectivity index is 1.85. The Morgan fingerprint density at radius 1 is 1.09 bits per heavy atom. The molecule has 35 heavy (non-hydrogen) atoms. The molecule has 0 aliphatic heterocycles. The third-order valence-electron chi connectivity index (χ3n) is 5.88. The maximum atomic E-state index is 12.8. The molecule has 0 saturated carbocycles. The average molecular weight is 478 g/mol. The summed E-state index contributed by atoms with van der Waals surface area (Å²) in [6.07, 6.45) is 0.610. The van der Waals surface area contributed by atoms with Crippen LogP contribution in [0.5, 0.6) is 5.75 Å². The van der Waals surface area contributed by atoms with E-state index in [-0.39, 0.29) is 24.5 Å². The number of pyridine rings is 1. The fourth-order valence-electron chi connectivity index (χ4n) is 3.82. The summed E-state index contributed by atoms with van der Waals surface area (Å²) < 4.78 is 6.42. The van der Waals surface area contributed by atoms with Crippen molar-refractivity contribution in [1.82, 2.24) is 9.88 Å². The van der Waals surface area contributed by atoms with Gasteiger partial charge in [-0.3, -0.25) is 9.59 Å². The Hall–Kier alpha value is -4.07. The summed E-state index contributed by atoms with van der Waals surface area (Å²) in [6, 6.07) is 15.7. The minimum absolute atomic E-state index is 0.0903. The second-order valence-electron chi connectivity index (χ2n) is 8.42. The third kappa shape index (κ3) is 6.50. The van der Waals surface area contributed by atoms with Gasteiger partial charge in [-0.05, 0) is 49.4 Å². The lowest BCUT2D eigenvalue weighted by atomic mass is 9.96. The number of amides is 2. The van der Waals surface area contributed by atoms with E-state index in [1.165, 1.54) is 21.8 Å². The number of esters is 1. The zero-order valence-corrected chi connectivity index (χ0v) is 20.4. The lowest BCUT2D eigenvalue weighted by molar-refractivity contribution is -0.143. The Labute approximate surface area is 204 Å². The zero-order valence-electron chi connectivity index (χ0n) is 20.4. The van der Waals surface area contributed by atoms with E-state index in [9.17, 15) is 19.5 Å². The van der Waals surface area contributed by atoms with Gasteiger partial charge in [-0.1, -0.05) is 48.5 Å². The van der Waals surface area contributed by atoms with Crippen LogP contribution in [0.2, 0.25) is 0 Å². The number of benzene rings is 2. The van der Waals surface area contributed by atoms with Gasteiger partial charge in [0.1, 0.15) is 5.75 Å². The molecule has 1 aromatic heterocycles. The molecule has 2 amide bonds. The molecule has 0 bridgehead atoms. The summed E-state index contributed by atoms with van der Waals surface area (Å²) in [5.74, 6) is -0.792. The van der Waals surface area contributed by atoms with E-state index < -0.39 is 23.6 Å². The first-order valence-electron chi connectivity index (χ1n) is 11.5. The monoisotopic (exact) mass is 477 g/mol. The third-order valence-corrected chi connectivity index (χ3v) is 5.88. The molecule has 1 heterocycles. The summed E-state index contributed by atoms with van der Waals surface area (Å²) in [5, 5.41) is 15.4. The molecule has 0 unspecified atom stereocenters. The molecule has 3 rings (SSSR count). The molecule has 2 aromatic carbocycles. The van der Waals surface area contributed by atoms with Crippen LogP contribution in [-0.4, -0.2) is 28.3 Å². The number of ether oxygens (including phenoxy) is 1. The van der Waals surface area contributed by atoms with E-state index in [0.717, 1.165) is 11.1 Å². The van der Waals surface area contributed by atoms with Gasteiger partial charge in [-0.15, -0.1) is 0 Å². The maximum absolute atomic E-state index is 12.8. The Morgan fingerprint density at radius 2 is 1.83 bits per heavy atom. The lowest BCUT2D eigenvalue weighted by Crippen LogP contribution is -2.36. The van der Waals surface area contributed by atoms with Crippen molar-refractivity contribution in [3.63, 3.8) is 0 Å². The van der Waals surface area contributed by atoms with Crippen molar-refractivity contribution in [1.29, 1.82) is 0 Å². The molecular formula is C27H31N3O5. The molecule has 184 valence electrons. The van der Waals surface area contributed by atoms with Crippen LogP contribution >= 0.6 is 0 Å². The number of aromatic nitrogens is 1. The van der Waals surface area contributed by atoms with Crippen LogP contribution in [0.15, 0.2) is 59.4 Å². The molecule has 8 nitrogen and oxygen atoms in total. The Kier molecular flexibility index (Phi) is 8.30. The highest BCUT2D eigenvalue weighted by Crippen LogP contribution is 2.23. The first-order valence-corrected chi connectivity index (χ1v) is 11.5. The average Bonchev–Trinajstić information content (AvgIpc) is 2.82. The lowest BCUT2D eigenvalue weighted by Gasteiger charge is -2.20. The van der Waals surface area contributed by atoms with Crippen LogP contribution in [-0.2, 0) is 23.0 Å². The van der Waals surface area contributed by atoms with E-state index in [2.05, 4.69) is 29.7 Å². The van der Waals surface area contributed by atoms with Crippen molar-refractivity contribution < 1.29 is 19.4 Å². The SMILES string of the molecule is CCOC(=O)C[C@H](NC(=O)Nc1c(O)cc(C)n(C)c1=O)c1cccc(Cc2ccccc2C)c1. The summed E-state index contributed by atoms with van der Waals surface area (Å²) in [7, 11) is 1.55. The summed E-state index contributed by atoms with van der Waals surface area (Å²) in [4.78, 5) is 37.6. The van der Waals surface area contributed by atoms with Crippen molar-refractivity contribution in [3.8, 4) is 5.75 Å². The number of rotatable bonds is 8. The van der Waals surface area contributed by atoms with Gasteiger partial charge in [-0.25, -0.2) is 4.79 Å². The van der Waals surface area contributed by atoms with Crippen molar-refractivity contribution in [3.05, 3.63) is 92.9 Å². The number of carbonyl (C=O) groups excluding carboxylic acids is 2. The second kappa shape index (κ2) is 11.4. The predicted molar refractivity (Wildman–Crippen MR) is 135 cm³/mol. The van der Waals surface area contributed by atoms with Crippen LogP contribution < -0.4 is 16.2 Å². The topological polar surface area (TPSA) is 110 Å². The number of anilines is 1. The van der Waals surface area contributed by atoms with Gasteiger partial charge in [0.2, 0.25) is 0 Å². The molecule has 3 aromatic rings. The van der Waals surface area contributed by atoms with Crippen molar-refractivity contribution in [2.45, 2.75) is 39.7 Å². The van der Waals surface area contributed by atoms with E-state index in [1.54, 1.807) is 20.9 Å². The van der Waals surface area contributed by atoms with Gasteiger partial charge >= 0.3 is 12.0 Å². The zero-order chi connectivity index (χ0) is 25.5. The number of aryl methyl sites for hydroxylation is 2. The van der Waals surface area contributed by atoms with Gasteiger partial charge in [0.15, 0.2) is 5.69 Å². The molecule has 0 saturated heterocycles. The normalized spacial score (nSPS) is 11.5. The number of nitrogens with one attached hydrogen (secondary N) is 2. The molecular weight excluding hydrogens is 446 g/mol. The van der Waals surface area contributed by atoms with Crippen LogP contribution in [0, 0.1) is 13.8 Å². The fraction of sp³-hybridized carbons (Fsp3) is 0.296. The van der Waals surface area contributed by atoms with Crippen LogP contribution in [0.4, 0.5) is 10.5 Å². The van der Waals surface area contributed by atoms with Gasteiger partial charge in [0, 0.05) is 18.8 Å². The Bertz CT molecular complexity index is 1280. The van der Waals surface area contributed by atoms with Gasteiger partial charge in [-0.2, -0.15) is 0 Å². The number of carbonyl (C=O) groups is 2. The van der Waals surface area contributed by atoms with Crippen molar-refractivity contribution in [2.75, 3.05) is 11.9 Å². The standard InChI is InChI=1S/C27H31N3O5/c1-5-35-24(32)16-22(28-27(34)29-25-23(31)13-18(3)30(4)26(25)33)21-12-8-10-19(15-21)14-20-11-7-6-9-17(20)2/h6-13,15,22,31H,5,14,16H2,1-4H3,(H2,28,29,34)/t22-/m0/s1. The fourth-order valence-corrected chi connectivity index (χ4v) is 3.82. The minimum Gasteiger partial charge on any atom is -0.505 e. The molecule has 0 fully saturated rings. The number of aromatic hydroxyl groups is 1. The van der Waals surface area contributed by atoms with E-state index in [1.807, 2.05) is 36.4 Å². The van der Waals surface area contributed by atoms with E-state index >= 15 is 0 Å². The van der Waals surface area contributed by atoms with Gasteiger partial charge < -0.3 is 25.0 Å². The predicted octanol–water partition coefficient (Wildman–Crippen LogP) is 4.11. The van der Waals surface area contributed by atoms with E-state index in [0.29, 0.717) is 12.1 Å². The van der Waals surface area contributed by atoms with Gasteiger partial charge in [0.05, 0.1) is 19.1 Å². The first kappa shape index (κ1) is 25.6. The van der Waals surface area contributed by atoms with Crippen LogP contribution in [0.3, 0.4) is 0 Å². The molecule has 0 aliphatic rings. The maximum Gasteiger partial charge on any atom is 0.319 e. The highest BCUT2D eigenvalue weighted by molar-refractivity contribution is 5.91. The summed E-state index contributed by atoms with van der Waals surface area (Å²) in [6.45, 7) is 5.66. The number of hydrogen-bond donors (Lipinski definition) is 3. The molecule has 0 aliphatic carbocycles. The molecule has 0 radical (unpaired) electrons. The van der Waals surface area contributed by atoms with Crippen molar-refractivity contribution in [2.24, 2.45) is 7.05 Å². The highest BCUT2D eigenvalue weighted by Gasteiger charge is 2.21. The molecule has 3 N–H and O–H groups in total. The summed E-state index contributed by atoms with van der Waals surface area (Å²) >= 11 is 0. The summed E-state index contributed by atoms with van der Waals surface area (Å²) in [5.41, 5.74) is 3.88. The second-order valence-corrected chi connectivity index (χ2v) is 8.42. The first-order chi connectivity index (χ1) is 16.7. The molecule has 1 atom stereocenters. The minimum atomic E-state index is -0.722. The number of urea groups is 1. The largest absolute Gasteiger partial charge is 0.505 e.